The van der Waals surface area contributed by atoms with Gasteiger partial charge in [-0.1, -0.05) is 17.8 Å². The van der Waals surface area contributed by atoms with Crippen molar-refractivity contribution in [3.63, 3.8) is 0 Å². The summed E-state index contributed by atoms with van der Waals surface area (Å²) in [5.41, 5.74) is 7.56. The zero-order valence-electron chi connectivity index (χ0n) is 9.23. The minimum Gasteiger partial charge on any atom is -0.437 e. The summed E-state index contributed by atoms with van der Waals surface area (Å²) >= 11 is 1.56. The van der Waals surface area contributed by atoms with Gasteiger partial charge < -0.3 is 10.2 Å². The Hall–Kier alpha value is -1.49. The molecule has 0 aliphatic rings. The second-order valence-corrected chi connectivity index (χ2v) is 4.43. The van der Waals surface area contributed by atoms with E-state index in [1.807, 2.05) is 19.9 Å². The summed E-state index contributed by atoms with van der Waals surface area (Å²) in [6.07, 6.45) is 1.77. The van der Waals surface area contributed by atoms with Gasteiger partial charge in [-0.3, -0.25) is 0 Å². The Balaban J connectivity index is 1.99. The summed E-state index contributed by atoms with van der Waals surface area (Å²) in [5, 5.41) is 0.701. The first-order valence-corrected chi connectivity index (χ1v) is 5.91. The molecule has 0 saturated heterocycles. The molecule has 2 N–H and O–H groups in total. The lowest BCUT2D eigenvalue weighted by atomic mass is 10.3. The Morgan fingerprint density at radius 1 is 1.38 bits per heavy atom. The maximum Gasteiger partial charge on any atom is 0.256 e. The fraction of sp³-hybridized carbons (Fsp3) is 0.273. The first kappa shape index (κ1) is 11.0. The highest BCUT2D eigenvalue weighted by molar-refractivity contribution is 7.98. The van der Waals surface area contributed by atoms with E-state index >= 15 is 0 Å². The number of nitrogen functional groups attached to an aromatic ring is 1. The zero-order valence-corrected chi connectivity index (χ0v) is 10.0. The molecule has 5 heteroatoms. The Morgan fingerprint density at radius 2 is 2.19 bits per heavy atom. The number of thioether (sulfide) groups is 1. The second kappa shape index (κ2) is 4.57. The van der Waals surface area contributed by atoms with Crippen molar-refractivity contribution in [1.82, 2.24) is 9.97 Å². The molecule has 2 aromatic heterocycles. The molecule has 0 aromatic carbocycles. The third kappa shape index (κ3) is 2.55. The van der Waals surface area contributed by atoms with Crippen LogP contribution in [0.4, 0.5) is 5.82 Å². The molecule has 0 unspecified atom stereocenters. The lowest BCUT2D eigenvalue weighted by Crippen LogP contribution is -1.90. The van der Waals surface area contributed by atoms with E-state index in [1.54, 1.807) is 24.0 Å². The van der Waals surface area contributed by atoms with Crippen LogP contribution in [-0.2, 0) is 5.75 Å². The van der Waals surface area contributed by atoms with Crippen LogP contribution in [0.2, 0.25) is 0 Å². The number of pyridine rings is 1. The molecule has 2 heterocycles. The molecule has 0 aliphatic heterocycles. The van der Waals surface area contributed by atoms with Gasteiger partial charge in [-0.15, -0.1) is 0 Å². The summed E-state index contributed by atoms with van der Waals surface area (Å²) in [4.78, 5) is 8.32. The molecule has 0 spiro atoms. The molecule has 2 aromatic rings. The predicted molar refractivity (Wildman–Crippen MR) is 64.2 cm³/mol. The Kier molecular flexibility index (Phi) is 3.14. The Morgan fingerprint density at radius 3 is 2.75 bits per heavy atom. The topological polar surface area (TPSA) is 64.9 Å². The third-order valence-electron chi connectivity index (χ3n) is 2.22. The standard InChI is InChI=1S/C11H13N3OS/c1-7-8(2)15-11(14-7)16-6-9-3-4-10(12)13-5-9/h3-5H,6H2,1-2H3,(H2,12,13). The second-order valence-electron chi connectivity index (χ2n) is 3.50. The molecule has 16 heavy (non-hydrogen) atoms. The fourth-order valence-electron chi connectivity index (χ4n) is 1.17. The first-order valence-electron chi connectivity index (χ1n) is 4.92. The molecule has 0 saturated carbocycles. The van der Waals surface area contributed by atoms with Gasteiger partial charge in [0, 0.05) is 11.9 Å². The molecule has 2 rings (SSSR count). The summed E-state index contributed by atoms with van der Waals surface area (Å²) in [5.74, 6) is 2.20. The van der Waals surface area contributed by atoms with Crippen LogP contribution >= 0.6 is 11.8 Å². The molecule has 84 valence electrons. The summed E-state index contributed by atoms with van der Waals surface area (Å²) in [6.45, 7) is 3.85. The van der Waals surface area contributed by atoms with E-state index in [0.29, 0.717) is 11.0 Å². The lowest BCUT2D eigenvalue weighted by Gasteiger charge is -1.98. The van der Waals surface area contributed by atoms with Crippen molar-refractivity contribution in [2.45, 2.75) is 24.8 Å². The number of oxazole rings is 1. The van der Waals surface area contributed by atoms with Gasteiger partial charge in [-0.25, -0.2) is 9.97 Å². The number of aromatic nitrogens is 2. The van der Waals surface area contributed by atoms with Crippen molar-refractivity contribution < 1.29 is 4.42 Å². The van der Waals surface area contributed by atoms with Crippen molar-refractivity contribution in [3.05, 3.63) is 35.3 Å². The lowest BCUT2D eigenvalue weighted by molar-refractivity contribution is 0.431. The first-order chi connectivity index (χ1) is 7.65. The number of nitrogens with two attached hydrogens (primary N) is 1. The number of nitrogens with zero attached hydrogens (tertiary/aromatic N) is 2. The molecular weight excluding hydrogens is 222 g/mol. The highest BCUT2D eigenvalue weighted by atomic mass is 32.2. The summed E-state index contributed by atoms with van der Waals surface area (Å²) < 4.78 is 5.47. The average molecular weight is 235 g/mol. The van der Waals surface area contributed by atoms with Gasteiger partial charge in [0.05, 0.1) is 5.69 Å². The SMILES string of the molecule is Cc1nc(SCc2ccc(N)nc2)oc1C. The monoisotopic (exact) mass is 235 g/mol. The molecular formula is C11H13N3OS. The van der Waals surface area contributed by atoms with E-state index in [2.05, 4.69) is 9.97 Å². The highest BCUT2D eigenvalue weighted by Crippen LogP contribution is 2.23. The van der Waals surface area contributed by atoms with Crippen LogP contribution in [0.5, 0.6) is 0 Å². The van der Waals surface area contributed by atoms with Gasteiger partial charge in [-0.05, 0) is 25.5 Å². The number of anilines is 1. The molecule has 0 amide bonds. The van der Waals surface area contributed by atoms with Gasteiger partial charge in [0.2, 0.25) is 0 Å². The van der Waals surface area contributed by atoms with Gasteiger partial charge in [0.1, 0.15) is 11.6 Å². The molecule has 0 atom stereocenters. The number of rotatable bonds is 3. The van der Waals surface area contributed by atoms with Crippen LogP contribution < -0.4 is 5.73 Å². The predicted octanol–water partition coefficient (Wildman–Crippen LogP) is 2.56. The molecule has 0 radical (unpaired) electrons. The van der Waals surface area contributed by atoms with Crippen molar-refractivity contribution in [2.24, 2.45) is 0 Å². The van der Waals surface area contributed by atoms with Crippen molar-refractivity contribution >= 4 is 17.6 Å². The third-order valence-corrected chi connectivity index (χ3v) is 3.12. The van der Waals surface area contributed by atoms with Gasteiger partial charge in [0.25, 0.3) is 5.22 Å². The van der Waals surface area contributed by atoms with E-state index in [1.165, 1.54) is 0 Å². The van der Waals surface area contributed by atoms with E-state index in [9.17, 15) is 0 Å². The Labute approximate surface area is 98.3 Å². The van der Waals surface area contributed by atoms with Crippen LogP contribution in [-0.4, -0.2) is 9.97 Å². The summed E-state index contributed by atoms with van der Waals surface area (Å²) in [7, 11) is 0. The molecule has 0 fully saturated rings. The van der Waals surface area contributed by atoms with Crippen LogP contribution in [0.3, 0.4) is 0 Å². The number of hydrogen-bond acceptors (Lipinski definition) is 5. The number of hydrogen-bond donors (Lipinski definition) is 1. The summed E-state index contributed by atoms with van der Waals surface area (Å²) in [6, 6.07) is 3.75. The van der Waals surface area contributed by atoms with Gasteiger partial charge >= 0.3 is 0 Å². The highest BCUT2D eigenvalue weighted by Gasteiger charge is 2.06. The molecule has 0 aliphatic carbocycles. The van der Waals surface area contributed by atoms with Crippen LogP contribution in [0.1, 0.15) is 17.0 Å². The maximum atomic E-state index is 5.51. The molecule has 4 nitrogen and oxygen atoms in total. The van der Waals surface area contributed by atoms with Crippen molar-refractivity contribution in [2.75, 3.05) is 5.73 Å². The smallest absolute Gasteiger partial charge is 0.256 e. The largest absolute Gasteiger partial charge is 0.437 e. The van der Waals surface area contributed by atoms with Crippen LogP contribution in [0.15, 0.2) is 28.0 Å². The van der Waals surface area contributed by atoms with E-state index in [4.69, 9.17) is 10.2 Å². The molecule has 0 bridgehead atoms. The Bertz CT molecular complexity index is 459. The van der Waals surface area contributed by atoms with E-state index in [0.717, 1.165) is 22.8 Å². The van der Waals surface area contributed by atoms with Gasteiger partial charge in [-0.2, -0.15) is 0 Å². The zero-order chi connectivity index (χ0) is 11.5. The number of aryl methyl sites for hydroxylation is 2. The van der Waals surface area contributed by atoms with E-state index < -0.39 is 0 Å². The van der Waals surface area contributed by atoms with Crippen molar-refractivity contribution in [3.8, 4) is 0 Å². The average Bonchev–Trinajstić information content (AvgIpc) is 2.58. The quantitative estimate of drug-likeness (QED) is 0.828. The minimum atomic E-state index is 0.538. The maximum absolute atomic E-state index is 5.51. The normalized spacial score (nSPS) is 10.6. The fourth-order valence-corrected chi connectivity index (χ4v) is 2.02. The van der Waals surface area contributed by atoms with Crippen LogP contribution in [0.25, 0.3) is 0 Å². The van der Waals surface area contributed by atoms with Crippen molar-refractivity contribution in [1.29, 1.82) is 0 Å². The minimum absolute atomic E-state index is 0.538. The van der Waals surface area contributed by atoms with Gasteiger partial charge in [0.15, 0.2) is 0 Å². The van der Waals surface area contributed by atoms with E-state index in [-0.39, 0.29) is 0 Å². The van der Waals surface area contributed by atoms with Crippen LogP contribution in [0, 0.1) is 13.8 Å².